The number of likely N-dealkylation sites (N-methyl/N-ethyl adjacent to an activating group) is 1. The van der Waals surface area contributed by atoms with Gasteiger partial charge in [0.15, 0.2) is 0 Å². The number of rotatable bonds is 2. The first-order valence-electron chi connectivity index (χ1n) is 4.66. The number of benzene rings is 1. The standard InChI is InChI=1S/C12H13NS.HI/c1-13-9-7-12(8-10-13)14-11-5-3-2-4-6-11;/h2-9H,10H2,1H3;1H/p-1. The quantitative estimate of drug-likeness (QED) is 0.709. The van der Waals surface area contributed by atoms with E-state index < -0.39 is 0 Å². The smallest absolute Gasteiger partial charge is 0.0364 e. The molecule has 0 unspecified atom stereocenters. The van der Waals surface area contributed by atoms with E-state index in [1.54, 1.807) is 0 Å². The lowest BCUT2D eigenvalue weighted by molar-refractivity contribution is -0.00000274. The first-order chi connectivity index (χ1) is 6.84. The van der Waals surface area contributed by atoms with Crippen molar-refractivity contribution in [2.45, 2.75) is 4.90 Å². The third-order valence-electron chi connectivity index (χ3n) is 2.05. The molecule has 15 heavy (non-hydrogen) atoms. The maximum atomic E-state index is 2.25. The number of halogens is 1. The van der Waals surface area contributed by atoms with Crippen LogP contribution in [0.15, 0.2) is 58.5 Å². The van der Waals surface area contributed by atoms with Crippen LogP contribution in [0.4, 0.5) is 0 Å². The minimum atomic E-state index is 0. The Labute approximate surface area is 112 Å². The predicted octanol–water partition coefficient (Wildman–Crippen LogP) is 0.126. The molecule has 0 amide bonds. The van der Waals surface area contributed by atoms with Crippen molar-refractivity contribution in [1.29, 1.82) is 0 Å². The summed E-state index contributed by atoms with van der Waals surface area (Å²) in [6, 6.07) is 10.5. The second-order valence-corrected chi connectivity index (χ2v) is 4.42. The van der Waals surface area contributed by atoms with Crippen LogP contribution in [-0.4, -0.2) is 18.5 Å². The Bertz CT molecular complexity index is 359. The van der Waals surface area contributed by atoms with Gasteiger partial charge in [0.1, 0.15) is 0 Å². The van der Waals surface area contributed by atoms with Gasteiger partial charge in [0.2, 0.25) is 0 Å². The maximum Gasteiger partial charge on any atom is 0.0364 e. The third kappa shape index (κ3) is 3.91. The van der Waals surface area contributed by atoms with Crippen LogP contribution in [0.3, 0.4) is 0 Å². The lowest BCUT2D eigenvalue weighted by atomic mass is 10.4. The van der Waals surface area contributed by atoms with Gasteiger partial charge in [-0.05, 0) is 18.2 Å². The molecule has 0 aromatic heterocycles. The summed E-state index contributed by atoms with van der Waals surface area (Å²) in [6.45, 7) is 1.01. The Morgan fingerprint density at radius 1 is 1.20 bits per heavy atom. The fourth-order valence-corrected chi connectivity index (χ4v) is 2.12. The zero-order valence-electron chi connectivity index (χ0n) is 8.56. The zero-order valence-corrected chi connectivity index (χ0v) is 11.5. The molecule has 0 bridgehead atoms. The number of nitrogens with zero attached hydrogens (tertiary/aromatic N) is 1. The Hall–Kier alpha value is -0.420. The van der Waals surface area contributed by atoms with Crippen LogP contribution >= 0.6 is 11.8 Å². The second kappa shape index (κ2) is 6.23. The van der Waals surface area contributed by atoms with Crippen LogP contribution in [0.5, 0.6) is 0 Å². The van der Waals surface area contributed by atoms with Gasteiger partial charge in [-0.1, -0.05) is 36.0 Å². The Balaban J connectivity index is 0.00000112. The SMILES string of the molecule is CN1C=CC(Sc2ccccc2)=CC1.[I-]. The maximum absolute atomic E-state index is 2.25. The minimum Gasteiger partial charge on any atom is -1.00 e. The van der Waals surface area contributed by atoms with E-state index >= 15 is 0 Å². The van der Waals surface area contributed by atoms with Gasteiger partial charge >= 0.3 is 0 Å². The highest BCUT2D eigenvalue weighted by molar-refractivity contribution is 8.03. The molecule has 0 fully saturated rings. The number of hydrogen-bond acceptors (Lipinski definition) is 2. The summed E-state index contributed by atoms with van der Waals surface area (Å²) in [6.07, 6.45) is 6.52. The molecule has 1 nitrogen and oxygen atoms in total. The number of allylic oxidation sites excluding steroid dienone is 1. The topological polar surface area (TPSA) is 3.24 Å². The van der Waals surface area contributed by atoms with Crippen molar-refractivity contribution >= 4 is 11.8 Å². The average Bonchev–Trinajstić information content (AvgIpc) is 2.23. The van der Waals surface area contributed by atoms with E-state index in [0.29, 0.717) is 0 Å². The molecule has 0 spiro atoms. The van der Waals surface area contributed by atoms with Crippen LogP contribution in [-0.2, 0) is 0 Å². The van der Waals surface area contributed by atoms with E-state index in [2.05, 4.69) is 54.6 Å². The molecule has 1 aromatic carbocycles. The predicted molar refractivity (Wildman–Crippen MR) is 62.2 cm³/mol. The first-order valence-corrected chi connectivity index (χ1v) is 5.48. The minimum absolute atomic E-state index is 0. The molecule has 0 radical (unpaired) electrons. The van der Waals surface area contributed by atoms with Crippen molar-refractivity contribution in [3.63, 3.8) is 0 Å². The molecular weight excluding hydrogens is 317 g/mol. The van der Waals surface area contributed by atoms with E-state index in [-0.39, 0.29) is 24.0 Å². The van der Waals surface area contributed by atoms with Gasteiger partial charge in [-0.25, -0.2) is 0 Å². The lowest BCUT2D eigenvalue weighted by Gasteiger charge is -2.16. The van der Waals surface area contributed by atoms with Crippen molar-refractivity contribution in [2.24, 2.45) is 0 Å². The normalized spacial score (nSPS) is 14.5. The highest BCUT2D eigenvalue weighted by atomic mass is 127. The summed E-state index contributed by atoms with van der Waals surface area (Å²) < 4.78 is 0. The van der Waals surface area contributed by atoms with Crippen LogP contribution < -0.4 is 24.0 Å². The summed E-state index contributed by atoms with van der Waals surface area (Å²) in [5.74, 6) is 0. The number of hydrogen-bond donors (Lipinski definition) is 0. The highest BCUT2D eigenvalue weighted by Crippen LogP contribution is 2.28. The van der Waals surface area contributed by atoms with Gasteiger partial charge in [-0.15, -0.1) is 0 Å². The van der Waals surface area contributed by atoms with Crippen LogP contribution in [0, 0.1) is 0 Å². The fraction of sp³-hybridized carbons (Fsp3) is 0.167. The molecule has 0 N–H and O–H groups in total. The van der Waals surface area contributed by atoms with E-state index in [9.17, 15) is 0 Å². The highest BCUT2D eigenvalue weighted by Gasteiger charge is 2.01. The van der Waals surface area contributed by atoms with Gasteiger partial charge in [0.25, 0.3) is 0 Å². The molecule has 0 saturated heterocycles. The third-order valence-corrected chi connectivity index (χ3v) is 3.10. The van der Waals surface area contributed by atoms with Crippen molar-refractivity contribution in [3.8, 4) is 0 Å². The molecule has 1 aliphatic rings. The van der Waals surface area contributed by atoms with Crippen LogP contribution in [0.1, 0.15) is 0 Å². The van der Waals surface area contributed by atoms with E-state index in [4.69, 9.17) is 0 Å². The van der Waals surface area contributed by atoms with Gasteiger partial charge in [0.05, 0.1) is 0 Å². The van der Waals surface area contributed by atoms with Crippen molar-refractivity contribution < 1.29 is 24.0 Å². The van der Waals surface area contributed by atoms with Crippen molar-refractivity contribution in [3.05, 3.63) is 53.6 Å². The van der Waals surface area contributed by atoms with Gasteiger partial charge in [-0.2, -0.15) is 0 Å². The molecule has 1 aliphatic heterocycles. The Morgan fingerprint density at radius 3 is 2.53 bits per heavy atom. The van der Waals surface area contributed by atoms with Crippen LogP contribution in [0.2, 0.25) is 0 Å². The molecular formula is C12H13INS-. The lowest BCUT2D eigenvalue weighted by Crippen LogP contribution is -3.00. The Morgan fingerprint density at radius 2 is 1.93 bits per heavy atom. The molecule has 2 rings (SSSR count). The summed E-state index contributed by atoms with van der Waals surface area (Å²) in [5, 5.41) is 0. The summed E-state index contributed by atoms with van der Waals surface area (Å²) in [5.41, 5.74) is 0. The summed E-state index contributed by atoms with van der Waals surface area (Å²) in [7, 11) is 2.08. The molecule has 1 aromatic rings. The second-order valence-electron chi connectivity index (χ2n) is 3.28. The van der Waals surface area contributed by atoms with E-state index in [1.807, 2.05) is 17.8 Å². The first kappa shape index (κ1) is 12.6. The van der Waals surface area contributed by atoms with Gasteiger partial charge in [0, 0.05) is 29.6 Å². The van der Waals surface area contributed by atoms with Crippen LogP contribution in [0.25, 0.3) is 0 Å². The molecule has 0 aliphatic carbocycles. The van der Waals surface area contributed by atoms with E-state index in [1.165, 1.54) is 9.80 Å². The van der Waals surface area contributed by atoms with Crippen molar-refractivity contribution in [2.75, 3.05) is 13.6 Å². The molecule has 3 heteroatoms. The molecule has 0 atom stereocenters. The van der Waals surface area contributed by atoms with Gasteiger partial charge in [-0.3, -0.25) is 0 Å². The molecule has 1 heterocycles. The zero-order chi connectivity index (χ0) is 9.80. The monoisotopic (exact) mass is 330 g/mol. The van der Waals surface area contributed by atoms with E-state index in [0.717, 1.165) is 6.54 Å². The molecule has 80 valence electrons. The Kier molecular flexibility index (Phi) is 5.25. The summed E-state index contributed by atoms with van der Waals surface area (Å²) >= 11 is 1.81. The summed E-state index contributed by atoms with van der Waals surface area (Å²) in [4.78, 5) is 4.79. The average molecular weight is 330 g/mol. The molecule has 0 saturated carbocycles. The van der Waals surface area contributed by atoms with Gasteiger partial charge < -0.3 is 28.9 Å². The van der Waals surface area contributed by atoms with Crippen molar-refractivity contribution in [1.82, 2.24) is 4.90 Å². The number of thioether (sulfide) groups is 1. The largest absolute Gasteiger partial charge is 1.00 e. The fourth-order valence-electron chi connectivity index (χ4n) is 1.26.